The van der Waals surface area contributed by atoms with Crippen molar-refractivity contribution < 1.29 is 0 Å². The van der Waals surface area contributed by atoms with Gasteiger partial charge in [0, 0.05) is 16.7 Å². The zero-order valence-corrected chi connectivity index (χ0v) is 12.0. The predicted octanol–water partition coefficient (Wildman–Crippen LogP) is 5.10. The van der Waals surface area contributed by atoms with Gasteiger partial charge in [0.25, 0.3) is 0 Å². The summed E-state index contributed by atoms with van der Waals surface area (Å²) in [5, 5.41) is 2.13. The van der Waals surface area contributed by atoms with Crippen LogP contribution in [-0.4, -0.2) is 4.98 Å². The summed E-state index contributed by atoms with van der Waals surface area (Å²) in [7, 11) is 0. The molecule has 3 heteroatoms. The second kappa shape index (κ2) is 6.04. The fourth-order valence-corrected chi connectivity index (χ4v) is 3.58. The minimum absolute atomic E-state index is 0.975. The molecule has 0 aliphatic carbocycles. The van der Waals surface area contributed by atoms with E-state index in [0.717, 1.165) is 15.8 Å². The Morgan fingerprint density at radius 3 is 2.32 bits per heavy atom. The third kappa shape index (κ3) is 3.25. The number of aromatic nitrogens is 1. The third-order valence-corrected chi connectivity index (χ3v) is 4.85. The zero-order chi connectivity index (χ0) is 12.9. The van der Waals surface area contributed by atoms with Crippen LogP contribution in [0.1, 0.15) is 5.56 Å². The van der Waals surface area contributed by atoms with Gasteiger partial charge in [0.2, 0.25) is 0 Å². The van der Waals surface area contributed by atoms with E-state index in [-0.39, 0.29) is 0 Å². The van der Waals surface area contributed by atoms with Gasteiger partial charge >= 0.3 is 0 Å². The molecular weight excluding hydrogens is 270 g/mol. The standard InChI is InChI=1S/C16H13NS2/c1-3-7-13(8-4-1)11-18-16-17-15(12-19-16)14-9-5-2-6-10-14/h1-10,12H,11H2. The van der Waals surface area contributed by atoms with Crippen LogP contribution in [0.5, 0.6) is 0 Å². The maximum absolute atomic E-state index is 4.68. The van der Waals surface area contributed by atoms with E-state index >= 15 is 0 Å². The van der Waals surface area contributed by atoms with E-state index in [2.05, 4.69) is 46.8 Å². The molecule has 0 spiro atoms. The highest BCUT2D eigenvalue weighted by atomic mass is 32.2. The van der Waals surface area contributed by atoms with Crippen LogP contribution in [0, 0.1) is 0 Å². The molecular formula is C16H13NS2. The van der Waals surface area contributed by atoms with Crippen LogP contribution >= 0.6 is 23.1 Å². The van der Waals surface area contributed by atoms with E-state index in [1.54, 1.807) is 23.1 Å². The lowest BCUT2D eigenvalue weighted by atomic mass is 10.2. The van der Waals surface area contributed by atoms with E-state index < -0.39 is 0 Å². The Labute approximate surface area is 121 Å². The van der Waals surface area contributed by atoms with Crippen LogP contribution in [-0.2, 0) is 5.75 Å². The number of rotatable bonds is 4. The van der Waals surface area contributed by atoms with E-state index in [1.165, 1.54) is 11.1 Å². The summed E-state index contributed by atoms with van der Waals surface area (Å²) in [6, 6.07) is 20.8. The number of thiazole rings is 1. The highest BCUT2D eigenvalue weighted by Gasteiger charge is 2.04. The number of nitrogens with zero attached hydrogens (tertiary/aromatic N) is 1. The largest absolute Gasteiger partial charge is 0.230 e. The summed E-state index contributed by atoms with van der Waals surface area (Å²) < 4.78 is 1.13. The van der Waals surface area contributed by atoms with Gasteiger partial charge in [-0.2, -0.15) is 0 Å². The van der Waals surface area contributed by atoms with Crippen molar-refractivity contribution in [2.24, 2.45) is 0 Å². The molecule has 19 heavy (non-hydrogen) atoms. The summed E-state index contributed by atoms with van der Waals surface area (Å²) in [5.74, 6) is 0.975. The van der Waals surface area contributed by atoms with Gasteiger partial charge in [-0.1, -0.05) is 72.4 Å². The highest BCUT2D eigenvalue weighted by molar-refractivity contribution is 8.00. The van der Waals surface area contributed by atoms with Crippen LogP contribution in [0.25, 0.3) is 11.3 Å². The Morgan fingerprint density at radius 2 is 1.58 bits per heavy atom. The normalized spacial score (nSPS) is 10.5. The molecule has 0 saturated carbocycles. The third-order valence-electron chi connectivity index (χ3n) is 2.76. The first kappa shape index (κ1) is 12.5. The molecule has 3 aromatic rings. The van der Waals surface area contributed by atoms with Gasteiger partial charge in [-0.15, -0.1) is 11.3 Å². The zero-order valence-electron chi connectivity index (χ0n) is 10.3. The molecule has 2 aromatic carbocycles. The van der Waals surface area contributed by atoms with E-state index in [4.69, 9.17) is 0 Å². The van der Waals surface area contributed by atoms with Crippen molar-refractivity contribution in [1.82, 2.24) is 4.98 Å². The van der Waals surface area contributed by atoms with Crippen molar-refractivity contribution in [3.63, 3.8) is 0 Å². The maximum Gasteiger partial charge on any atom is 0.150 e. The first-order chi connectivity index (χ1) is 9.42. The van der Waals surface area contributed by atoms with Gasteiger partial charge in [-0.25, -0.2) is 4.98 Å². The quantitative estimate of drug-likeness (QED) is 0.618. The van der Waals surface area contributed by atoms with Gasteiger partial charge < -0.3 is 0 Å². The van der Waals surface area contributed by atoms with Gasteiger partial charge in [-0.3, -0.25) is 0 Å². The molecule has 1 nitrogen and oxygen atoms in total. The topological polar surface area (TPSA) is 12.9 Å². The van der Waals surface area contributed by atoms with Crippen molar-refractivity contribution in [1.29, 1.82) is 0 Å². The van der Waals surface area contributed by atoms with E-state index in [0.29, 0.717) is 0 Å². The molecule has 0 saturated heterocycles. The van der Waals surface area contributed by atoms with Gasteiger partial charge in [0.05, 0.1) is 5.69 Å². The SMILES string of the molecule is c1ccc(CSc2nc(-c3ccccc3)cs2)cc1. The fraction of sp³-hybridized carbons (Fsp3) is 0.0625. The molecule has 0 bridgehead atoms. The summed E-state index contributed by atoms with van der Waals surface area (Å²) in [4.78, 5) is 4.68. The molecule has 1 heterocycles. The summed E-state index contributed by atoms with van der Waals surface area (Å²) in [6.45, 7) is 0. The average Bonchev–Trinajstić information content (AvgIpc) is 2.96. The molecule has 0 amide bonds. The van der Waals surface area contributed by atoms with Crippen LogP contribution in [0.2, 0.25) is 0 Å². The molecule has 0 N–H and O–H groups in total. The molecule has 0 unspecified atom stereocenters. The van der Waals surface area contributed by atoms with Crippen molar-refractivity contribution in [2.45, 2.75) is 10.1 Å². The highest BCUT2D eigenvalue weighted by Crippen LogP contribution is 2.30. The minimum atomic E-state index is 0.975. The molecule has 0 radical (unpaired) electrons. The van der Waals surface area contributed by atoms with Gasteiger partial charge in [0.1, 0.15) is 0 Å². The van der Waals surface area contributed by atoms with Gasteiger partial charge in [-0.05, 0) is 5.56 Å². The summed E-state index contributed by atoms with van der Waals surface area (Å²) >= 11 is 3.51. The van der Waals surface area contributed by atoms with Crippen LogP contribution in [0.3, 0.4) is 0 Å². The average molecular weight is 283 g/mol. The first-order valence-corrected chi connectivity index (χ1v) is 7.96. The molecule has 0 aliphatic heterocycles. The van der Waals surface area contributed by atoms with Crippen LogP contribution < -0.4 is 0 Å². The first-order valence-electron chi connectivity index (χ1n) is 6.09. The Bertz CT molecular complexity index is 632. The number of thioether (sulfide) groups is 1. The Hall–Kier alpha value is -1.58. The molecule has 0 aliphatic rings. The number of hydrogen-bond donors (Lipinski definition) is 0. The Balaban J connectivity index is 1.69. The Kier molecular flexibility index (Phi) is 3.96. The summed E-state index contributed by atoms with van der Waals surface area (Å²) in [6.07, 6.45) is 0. The Morgan fingerprint density at radius 1 is 0.895 bits per heavy atom. The second-order valence-corrected chi connectivity index (χ2v) is 6.22. The fourth-order valence-electron chi connectivity index (χ4n) is 1.78. The molecule has 0 atom stereocenters. The molecule has 0 fully saturated rings. The minimum Gasteiger partial charge on any atom is -0.230 e. The van der Waals surface area contributed by atoms with E-state index in [9.17, 15) is 0 Å². The monoisotopic (exact) mass is 283 g/mol. The predicted molar refractivity (Wildman–Crippen MR) is 83.6 cm³/mol. The lowest BCUT2D eigenvalue weighted by Gasteiger charge is -1.98. The lowest BCUT2D eigenvalue weighted by molar-refractivity contribution is 1.24. The second-order valence-electron chi connectivity index (χ2n) is 4.14. The van der Waals surface area contributed by atoms with Crippen molar-refractivity contribution in [3.05, 3.63) is 71.6 Å². The van der Waals surface area contributed by atoms with E-state index in [1.807, 2.05) is 24.3 Å². The molecule has 1 aromatic heterocycles. The van der Waals surface area contributed by atoms with Crippen molar-refractivity contribution >= 4 is 23.1 Å². The van der Waals surface area contributed by atoms with Crippen LogP contribution in [0.4, 0.5) is 0 Å². The lowest BCUT2D eigenvalue weighted by Crippen LogP contribution is -1.79. The molecule has 94 valence electrons. The van der Waals surface area contributed by atoms with Gasteiger partial charge in [0.15, 0.2) is 4.34 Å². The number of benzene rings is 2. The number of hydrogen-bond acceptors (Lipinski definition) is 3. The van der Waals surface area contributed by atoms with Crippen molar-refractivity contribution in [3.8, 4) is 11.3 Å². The molecule has 3 rings (SSSR count). The summed E-state index contributed by atoms with van der Waals surface area (Å²) in [5.41, 5.74) is 3.59. The smallest absolute Gasteiger partial charge is 0.150 e. The van der Waals surface area contributed by atoms with Crippen molar-refractivity contribution in [2.75, 3.05) is 0 Å². The maximum atomic E-state index is 4.68. The van der Waals surface area contributed by atoms with Crippen LogP contribution in [0.15, 0.2) is 70.4 Å².